The van der Waals surface area contributed by atoms with Crippen LogP contribution in [0.15, 0.2) is 10.5 Å². The molecular weight excluding hydrogens is 408 g/mol. The van der Waals surface area contributed by atoms with Crippen LogP contribution in [0, 0.1) is 0 Å². The van der Waals surface area contributed by atoms with E-state index in [4.69, 9.17) is 9.47 Å². The van der Waals surface area contributed by atoms with Crippen LogP contribution in [-0.2, 0) is 0 Å². The van der Waals surface area contributed by atoms with Crippen LogP contribution >= 0.6 is 15.9 Å². The van der Waals surface area contributed by atoms with Gasteiger partial charge in [0, 0.05) is 0 Å². The zero-order valence-corrected chi connectivity index (χ0v) is 16.5. The van der Waals surface area contributed by atoms with Gasteiger partial charge in [-0.25, -0.2) is 9.59 Å². The highest BCUT2D eigenvalue weighted by Gasteiger charge is 2.27. The molecule has 0 aliphatic carbocycles. The molecule has 0 aliphatic rings. The van der Waals surface area contributed by atoms with Crippen molar-refractivity contribution in [1.29, 1.82) is 0 Å². The summed E-state index contributed by atoms with van der Waals surface area (Å²) in [5.41, 5.74) is -0.812. The van der Waals surface area contributed by atoms with Crippen molar-refractivity contribution in [3.8, 4) is 11.5 Å². The Bertz CT molecular complexity index is 630. The molecule has 0 radical (unpaired) electrons. The van der Waals surface area contributed by atoms with Gasteiger partial charge in [0.05, 0.1) is 28.3 Å². The standard InChI is InChI=1S/C18H25BrO7/c1-3-5-6-7-8-25-13-9-12(17(21)22)14(18(23)24)15(19)16(13)26-10-11(20)4-2/h9,11,20H,3-8,10H2,1-2H3,(H,21,22)(H,23,24). The number of hydrogen-bond acceptors (Lipinski definition) is 5. The monoisotopic (exact) mass is 432 g/mol. The number of carboxylic acids is 2. The summed E-state index contributed by atoms with van der Waals surface area (Å²) in [6, 6.07) is 1.16. The van der Waals surface area contributed by atoms with Gasteiger partial charge in [0.1, 0.15) is 6.61 Å². The fourth-order valence-corrected chi connectivity index (χ4v) is 2.93. The average molecular weight is 433 g/mol. The Morgan fingerprint density at radius 3 is 2.35 bits per heavy atom. The molecule has 0 saturated heterocycles. The van der Waals surface area contributed by atoms with Crippen molar-refractivity contribution in [3.63, 3.8) is 0 Å². The second kappa shape index (κ2) is 11.0. The summed E-state index contributed by atoms with van der Waals surface area (Å²) in [5, 5.41) is 28.4. The van der Waals surface area contributed by atoms with Crippen LogP contribution in [0.2, 0.25) is 0 Å². The number of benzene rings is 1. The zero-order valence-electron chi connectivity index (χ0n) is 15.0. The lowest BCUT2D eigenvalue weighted by molar-refractivity contribution is 0.0648. The third kappa shape index (κ3) is 6.17. The Morgan fingerprint density at radius 1 is 1.12 bits per heavy atom. The molecule has 0 saturated carbocycles. The predicted octanol–water partition coefficient (Wildman–Crippen LogP) is 3.95. The molecule has 1 unspecified atom stereocenters. The number of aliphatic hydroxyl groups is 1. The summed E-state index contributed by atoms with van der Waals surface area (Å²) in [4.78, 5) is 22.9. The molecule has 0 heterocycles. The molecule has 1 aromatic rings. The smallest absolute Gasteiger partial charge is 0.337 e. The summed E-state index contributed by atoms with van der Waals surface area (Å²) in [6.07, 6.45) is 3.63. The second-order valence-electron chi connectivity index (χ2n) is 5.83. The molecule has 1 aromatic carbocycles. The van der Waals surface area contributed by atoms with E-state index in [0.717, 1.165) is 31.7 Å². The number of carbonyl (C=O) groups is 2. The van der Waals surface area contributed by atoms with Crippen molar-refractivity contribution in [2.24, 2.45) is 0 Å². The molecular formula is C18H25BrO7. The summed E-state index contributed by atoms with van der Waals surface area (Å²) in [5.74, 6) is -2.56. The van der Waals surface area contributed by atoms with Crippen LogP contribution in [0.4, 0.5) is 0 Å². The average Bonchev–Trinajstić information content (AvgIpc) is 2.59. The number of ether oxygens (including phenoxy) is 2. The first kappa shape index (κ1) is 22.2. The van der Waals surface area contributed by atoms with Gasteiger partial charge in [0.2, 0.25) is 0 Å². The van der Waals surface area contributed by atoms with Crippen molar-refractivity contribution in [1.82, 2.24) is 0 Å². The van der Waals surface area contributed by atoms with Gasteiger partial charge in [-0.15, -0.1) is 0 Å². The van der Waals surface area contributed by atoms with Gasteiger partial charge in [-0.05, 0) is 34.8 Å². The normalized spacial score (nSPS) is 11.8. The Hall–Kier alpha value is -1.80. The van der Waals surface area contributed by atoms with Crippen LogP contribution in [0.25, 0.3) is 0 Å². The minimum Gasteiger partial charge on any atom is -0.490 e. The quantitative estimate of drug-likeness (QED) is 0.428. The van der Waals surface area contributed by atoms with Gasteiger partial charge in [0.15, 0.2) is 11.5 Å². The van der Waals surface area contributed by atoms with Gasteiger partial charge >= 0.3 is 11.9 Å². The van der Waals surface area contributed by atoms with E-state index in [1.54, 1.807) is 6.92 Å². The molecule has 0 amide bonds. The van der Waals surface area contributed by atoms with E-state index in [0.29, 0.717) is 13.0 Å². The maximum Gasteiger partial charge on any atom is 0.337 e. The molecule has 146 valence electrons. The first-order chi connectivity index (χ1) is 12.3. The molecule has 0 fully saturated rings. The molecule has 0 bridgehead atoms. The number of carboxylic acid groups (broad SMARTS) is 2. The summed E-state index contributed by atoms with van der Waals surface area (Å²) in [6.45, 7) is 4.16. The fraction of sp³-hybridized carbons (Fsp3) is 0.556. The van der Waals surface area contributed by atoms with Crippen molar-refractivity contribution < 1.29 is 34.4 Å². The Morgan fingerprint density at radius 2 is 1.81 bits per heavy atom. The molecule has 0 aromatic heterocycles. The van der Waals surface area contributed by atoms with E-state index in [1.807, 2.05) is 0 Å². The topological polar surface area (TPSA) is 113 Å². The number of rotatable bonds is 12. The number of hydrogen-bond donors (Lipinski definition) is 3. The van der Waals surface area contributed by atoms with Gasteiger partial charge in [-0.1, -0.05) is 33.1 Å². The summed E-state index contributed by atoms with van der Waals surface area (Å²) < 4.78 is 11.2. The molecule has 3 N–H and O–H groups in total. The summed E-state index contributed by atoms with van der Waals surface area (Å²) in [7, 11) is 0. The lowest BCUT2D eigenvalue weighted by Gasteiger charge is -2.18. The highest BCUT2D eigenvalue weighted by molar-refractivity contribution is 9.10. The molecule has 0 aliphatic heterocycles. The van der Waals surface area contributed by atoms with Gasteiger partial charge in [-0.3, -0.25) is 0 Å². The van der Waals surface area contributed by atoms with Gasteiger partial charge in [0.25, 0.3) is 0 Å². The highest BCUT2D eigenvalue weighted by atomic mass is 79.9. The van der Waals surface area contributed by atoms with E-state index in [9.17, 15) is 24.9 Å². The van der Waals surface area contributed by atoms with Crippen molar-refractivity contribution >= 4 is 27.9 Å². The molecule has 1 atom stereocenters. The maximum absolute atomic E-state index is 11.5. The van der Waals surface area contributed by atoms with Crippen LogP contribution < -0.4 is 9.47 Å². The number of aliphatic hydroxyl groups excluding tert-OH is 1. The molecule has 7 nitrogen and oxygen atoms in total. The molecule has 26 heavy (non-hydrogen) atoms. The Kier molecular flexibility index (Phi) is 9.43. The van der Waals surface area contributed by atoms with E-state index in [-0.39, 0.29) is 22.6 Å². The number of unbranched alkanes of at least 4 members (excludes halogenated alkanes) is 3. The minimum absolute atomic E-state index is 0.0169. The maximum atomic E-state index is 11.5. The summed E-state index contributed by atoms with van der Waals surface area (Å²) >= 11 is 3.13. The SMILES string of the molecule is CCCCCCOc1cc(C(=O)O)c(C(=O)O)c(Br)c1OCC(O)CC. The molecule has 0 spiro atoms. The van der Waals surface area contributed by atoms with Crippen LogP contribution in [0.1, 0.15) is 66.7 Å². The van der Waals surface area contributed by atoms with Gasteiger partial charge < -0.3 is 24.8 Å². The van der Waals surface area contributed by atoms with Crippen molar-refractivity contribution in [2.75, 3.05) is 13.2 Å². The largest absolute Gasteiger partial charge is 0.490 e. The lowest BCUT2D eigenvalue weighted by atomic mass is 10.1. The van der Waals surface area contributed by atoms with Gasteiger partial charge in [-0.2, -0.15) is 0 Å². The molecule has 8 heteroatoms. The predicted molar refractivity (Wildman–Crippen MR) is 99.5 cm³/mol. The van der Waals surface area contributed by atoms with Crippen LogP contribution in [-0.4, -0.2) is 46.6 Å². The van der Waals surface area contributed by atoms with Crippen molar-refractivity contribution in [2.45, 2.75) is 52.1 Å². The minimum atomic E-state index is -1.40. The third-order valence-electron chi connectivity index (χ3n) is 3.78. The number of aromatic carboxylic acids is 2. The zero-order chi connectivity index (χ0) is 19.7. The first-order valence-corrected chi connectivity index (χ1v) is 9.39. The third-order valence-corrected chi connectivity index (χ3v) is 4.54. The highest BCUT2D eigenvalue weighted by Crippen LogP contribution is 2.40. The Balaban J connectivity index is 3.20. The van der Waals surface area contributed by atoms with Crippen LogP contribution in [0.3, 0.4) is 0 Å². The van der Waals surface area contributed by atoms with Crippen LogP contribution in [0.5, 0.6) is 11.5 Å². The van der Waals surface area contributed by atoms with E-state index >= 15 is 0 Å². The number of halogens is 1. The van der Waals surface area contributed by atoms with E-state index < -0.39 is 29.2 Å². The Labute approximate surface area is 161 Å². The van der Waals surface area contributed by atoms with Crippen molar-refractivity contribution in [3.05, 3.63) is 21.7 Å². The fourth-order valence-electron chi connectivity index (χ4n) is 2.24. The molecule has 1 rings (SSSR count). The second-order valence-corrected chi connectivity index (χ2v) is 6.63. The first-order valence-electron chi connectivity index (χ1n) is 8.60. The van der Waals surface area contributed by atoms with E-state index in [1.165, 1.54) is 0 Å². The van der Waals surface area contributed by atoms with E-state index in [2.05, 4.69) is 22.9 Å². The lowest BCUT2D eigenvalue weighted by Crippen LogP contribution is -2.18.